The van der Waals surface area contributed by atoms with Crippen LogP contribution in [0.25, 0.3) is 0 Å². The Balaban J connectivity index is 1.51. The van der Waals surface area contributed by atoms with E-state index in [1.54, 1.807) is 31.7 Å². The Morgan fingerprint density at radius 1 is 1.28 bits per heavy atom. The molecule has 0 radical (unpaired) electrons. The first-order valence-corrected chi connectivity index (χ1v) is 12.6. The maximum absolute atomic E-state index is 12.2. The van der Waals surface area contributed by atoms with Gasteiger partial charge in [-0.3, -0.25) is 10.1 Å². The molecule has 0 unspecified atom stereocenters. The molecule has 0 spiro atoms. The molecule has 1 aromatic carbocycles. The Morgan fingerprint density at radius 2 is 1.97 bits per heavy atom. The number of aromatic nitrogens is 2. The van der Waals surface area contributed by atoms with Crippen LogP contribution in [-0.2, 0) is 16.1 Å². The van der Waals surface area contributed by atoms with Crippen LogP contribution in [-0.4, -0.2) is 70.9 Å². The summed E-state index contributed by atoms with van der Waals surface area (Å²) in [7, 11) is 0. The van der Waals surface area contributed by atoms with Crippen LogP contribution in [0.5, 0.6) is 5.75 Å². The maximum atomic E-state index is 12.2. The summed E-state index contributed by atoms with van der Waals surface area (Å²) in [5.41, 5.74) is 0.502. The van der Waals surface area contributed by atoms with Crippen LogP contribution in [0.1, 0.15) is 37.8 Å². The number of carbonyl (C=O) groups excluding carboxylic acids is 1. The van der Waals surface area contributed by atoms with Gasteiger partial charge in [0.05, 0.1) is 28.2 Å². The van der Waals surface area contributed by atoms with Crippen LogP contribution in [0.2, 0.25) is 5.15 Å². The van der Waals surface area contributed by atoms with Crippen LogP contribution < -0.4 is 9.64 Å². The van der Waals surface area contributed by atoms with E-state index in [0.717, 1.165) is 5.56 Å². The molecule has 1 amide bonds. The molecule has 4 rings (SSSR count). The monoisotopic (exact) mass is 583 g/mol. The molecule has 3 heterocycles. The predicted molar refractivity (Wildman–Crippen MR) is 136 cm³/mol. The van der Waals surface area contributed by atoms with Gasteiger partial charge in [-0.1, -0.05) is 11.6 Å². The standard InChI is InChI=1S/C23H27BrClN5O6/c1-23(2,3)36-22(31)29-10-15(11-29)14-8-17(24)19(18(9-14)30(32)33)35-12-16-20(25)26-13-27-21(16)28-4-6-34-7-5-28/h8-9,13,15H,4-7,10-12H2,1-3H3. The minimum atomic E-state index is -0.586. The highest BCUT2D eigenvalue weighted by molar-refractivity contribution is 9.10. The summed E-state index contributed by atoms with van der Waals surface area (Å²) in [5, 5.41) is 12.1. The topological polar surface area (TPSA) is 120 Å². The van der Waals surface area contributed by atoms with E-state index in [9.17, 15) is 14.9 Å². The van der Waals surface area contributed by atoms with Crippen molar-refractivity contribution >= 4 is 45.1 Å². The molecule has 0 aliphatic carbocycles. The second kappa shape index (κ2) is 10.7. The number of likely N-dealkylation sites (tertiary alicyclic amines) is 1. The normalized spacial score (nSPS) is 16.5. The molecule has 194 valence electrons. The van der Waals surface area contributed by atoms with Crippen molar-refractivity contribution in [3.63, 3.8) is 0 Å². The summed E-state index contributed by atoms with van der Waals surface area (Å²) in [6, 6.07) is 3.27. The molecule has 2 aromatic rings. The summed E-state index contributed by atoms with van der Waals surface area (Å²) >= 11 is 9.79. The van der Waals surface area contributed by atoms with Crippen LogP contribution in [0, 0.1) is 10.1 Å². The zero-order chi connectivity index (χ0) is 26.0. The van der Waals surface area contributed by atoms with Gasteiger partial charge in [-0.2, -0.15) is 0 Å². The van der Waals surface area contributed by atoms with Crippen LogP contribution >= 0.6 is 27.5 Å². The number of nitro benzene ring substituents is 1. The number of rotatable bonds is 6. The molecule has 2 aliphatic rings. The Labute approximate surface area is 222 Å². The lowest BCUT2D eigenvalue weighted by molar-refractivity contribution is -0.386. The molecule has 36 heavy (non-hydrogen) atoms. The molecule has 0 N–H and O–H groups in total. The van der Waals surface area contributed by atoms with Gasteiger partial charge < -0.3 is 24.0 Å². The molecule has 0 bridgehead atoms. The van der Waals surface area contributed by atoms with Crippen molar-refractivity contribution in [2.75, 3.05) is 44.3 Å². The van der Waals surface area contributed by atoms with E-state index in [4.69, 9.17) is 25.8 Å². The number of ether oxygens (including phenoxy) is 3. The number of hydrogen-bond acceptors (Lipinski definition) is 9. The summed E-state index contributed by atoms with van der Waals surface area (Å²) < 4.78 is 17.2. The molecule has 11 nitrogen and oxygen atoms in total. The minimum absolute atomic E-state index is 0.0496. The summed E-state index contributed by atoms with van der Waals surface area (Å²) in [6.07, 6.45) is 0.980. The van der Waals surface area contributed by atoms with E-state index in [2.05, 4.69) is 25.9 Å². The molecule has 0 atom stereocenters. The first kappa shape index (κ1) is 26.4. The number of benzene rings is 1. The van der Waals surface area contributed by atoms with E-state index >= 15 is 0 Å². The Morgan fingerprint density at radius 3 is 2.61 bits per heavy atom. The van der Waals surface area contributed by atoms with E-state index in [1.165, 1.54) is 12.4 Å². The summed E-state index contributed by atoms with van der Waals surface area (Å²) in [5.74, 6) is 0.650. The maximum Gasteiger partial charge on any atom is 0.410 e. The van der Waals surface area contributed by atoms with Gasteiger partial charge in [0.25, 0.3) is 0 Å². The fourth-order valence-corrected chi connectivity index (χ4v) is 4.74. The molecule has 13 heteroatoms. The van der Waals surface area contributed by atoms with Gasteiger partial charge in [0.2, 0.25) is 5.75 Å². The lowest BCUT2D eigenvalue weighted by Gasteiger charge is -2.40. The quantitative estimate of drug-likeness (QED) is 0.273. The lowest BCUT2D eigenvalue weighted by atomic mass is 9.91. The first-order valence-electron chi connectivity index (χ1n) is 11.4. The number of morpholine rings is 1. The van der Waals surface area contributed by atoms with Gasteiger partial charge in [0, 0.05) is 38.2 Å². The Bertz CT molecular complexity index is 1150. The molecular weight excluding hydrogens is 558 g/mol. The molecule has 0 saturated carbocycles. The number of nitro groups is 1. The van der Waals surface area contributed by atoms with E-state index in [1.807, 2.05) is 4.90 Å². The van der Waals surface area contributed by atoms with Crippen molar-refractivity contribution in [2.24, 2.45) is 0 Å². The lowest BCUT2D eigenvalue weighted by Crippen LogP contribution is -2.50. The highest BCUT2D eigenvalue weighted by Gasteiger charge is 2.36. The second-order valence-corrected chi connectivity index (χ2v) is 10.8. The molecule has 2 saturated heterocycles. The van der Waals surface area contributed by atoms with Crippen LogP contribution in [0.3, 0.4) is 0 Å². The Kier molecular flexibility index (Phi) is 7.86. The van der Waals surface area contributed by atoms with E-state index in [0.29, 0.717) is 55.2 Å². The summed E-state index contributed by atoms with van der Waals surface area (Å²) in [4.78, 5) is 35.7. The SMILES string of the molecule is CC(C)(C)OC(=O)N1CC(c2cc(Br)c(OCc3c(Cl)ncnc3N3CCOCC3)c([N+](=O)[O-])c2)C1. The third-order valence-electron chi connectivity index (χ3n) is 5.79. The molecular formula is C23H27BrClN5O6. The van der Waals surface area contributed by atoms with Crippen LogP contribution in [0.4, 0.5) is 16.3 Å². The Hall–Kier alpha value is -2.70. The zero-order valence-electron chi connectivity index (χ0n) is 20.2. The van der Waals surface area contributed by atoms with Crippen molar-refractivity contribution in [1.29, 1.82) is 0 Å². The smallest absolute Gasteiger partial charge is 0.410 e. The molecule has 2 fully saturated rings. The first-order chi connectivity index (χ1) is 17.0. The van der Waals surface area contributed by atoms with Gasteiger partial charge in [0.15, 0.2) is 0 Å². The van der Waals surface area contributed by atoms with Crippen molar-refractivity contribution in [3.05, 3.63) is 49.3 Å². The largest absolute Gasteiger partial charge is 0.481 e. The third-order valence-corrected chi connectivity index (χ3v) is 6.70. The van der Waals surface area contributed by atoms with Crippen molar-refractivity contribution < 1.29 is 23.9 Å². The number of nitrogens with zero attached hydrogens (tertiary/aromatic N) is 5. The molecule has 2 aliphatic heterocycles. The number of carbonyl (C=O) groups is 1. The average Bonchev–Trinajstić information content (AvgIpc) is 2.77. The number of halogens is 2. The third kappa shape index (κ3) is 5.98. The summed E-state index contributed by atoms with van der Waals surface area (Å²) in [6.45, 7) is 8.60. The fraction of sp³-hybridized carbons (Fsp3) is 0.522. The molecule has 1 aromatic heterocycles. The van der Waals surface area contributed by atoms with Gasteiger partial charge in [-0.05, 0) is 48.3 Å². The van der Waals surface area contributed by atoms with E-state index < -0.39 is 16.6 Å². The predicted octanol–water partition coefficient (Wildman–Crippen LogP) is 4.55. The fourth-order valence-electron chi connectivity index (χ4n) is 3.98. The van der Waals surface area contributed by atoms with Crippen LogP contribution in [0.15, 0.2) is 22.9 Å². The van der Waals surface area contributed by atoms with Gasteiger partial charge in [0.1, 0.15) is 29.5 Å². The van der Waals surface area contributed by atoms with Crippen molar-refractivity contribution in [1.82, 2.24) is 14.9 Å². The average molecular weight is 585 g/mol. The van der Waals surface area contributed by atoms with Crippen molar-refractivity contribution in [3.8, 4) is 5.75 Å². The van der Waals surface area contributed by atoms with Crippen molar-refractivity contribution in [2.45, 2.75) is 38.9 Å². The highest BCUT2D eigenvalue weighted by Crippen LogP contribution is 2.41. The highest BCUT2D eigenvalue weighted by atomic mass is 79.9. The number of hydrogen-bond donors (Lipinski definition) is 0. The van der Waals surface area contributed by atoms with Gasteiger partial charge >= 0.3 is 11.8 Å². The second-order valence-electron chi connectivity index (χ2n) is 9.55. The van der Waals surface area contributed by atoms with E-state index in [-0.39, 0.29) is 29.1 Å². The number of amides is 1. The van der Waals surface area contributed by atoms with Gasteiger partial charge in [-0.25, -0.2) is 14.8 Å². The zero-order valence-corrected chi connectivity index (χ0v) is 22.5. The minimum Gasteiger partial charge on any atom is -0.481 e. The van der Waals surface area contributed by atoms with Gasteiger partial charge in [-0.15, -0.1) is 0 Å². The number of anilines is 1.